The molecule has 12 nitrogen and oxygen atoms in total. The van der Waals surface area contributed by atoms with Crippen molar-refractivity contribution in [3.8, 4) is 0 Å². The van der Waals surface area contributed by atoms with Crippen LogP contribution in [-0.2, 0) is 16.5 Å². The van der Waals surface area contributed by atoms with Gasteiger partial charge in [0.05, 0.1) is 28.5 Å². The molecule has 0 unspecified atom stereocenters. The summed E-state index contributed by atoms with van der Waals surface area (Å²) < 4.78 is 0. The molecule has 260 valence electrons. The second-order valence-corrected chi connectivity index (χ2v) is 10.8. The van der Waals surface area contributed by atoms with Gasteiger partial charge in [-0.3, -0.25) is 25.5 Å². The summed E-state index contributed by atoms with van der Waals surface area (Å²) in [4.78, 5) is 0. The van der Waals surface area contributed by atoms with Gasteiger partial charge in [-0.05, 0) is 132 Å². The van der Waals surface area contributed by atoms with Gasteiger partial charge in [-0.1, -0.05) is 24.4 Å². The van der Waals surface area contributed by atoms with E-state index in [1.54, 1.807) is 0 Å². The summed E-state index contributed by atoms with van der Waals surface area (Å²) >= 11 is 7.40. The molecule has 5 N–H and O–H groups in total. The van der Waals surface area contributed by atoms with Crippen LogP contribution in [0.2, 0.25) is 0 Å². The van der Waals surface area contributed by atoms with Crippen LogP contribution in [0.15, 0.2) is 0 Å². The molecule has 5 heterocycles. The standard InChI is InChI=1S/5C6H10N2.2CNS.Ni/c5*1-4-5(2)7-8-6(4)3;2*2-1-3;/h5*1-3H3,(H,7,8);;;/q;;;;;2*-1;+2. The van der Waals surface area contributed by atoms with E-state index in [1.807, 2.05) is 69.2 Å². The van der Waals surface area contributed by atoms with Crippen LogP contribution >= 0.6 is 24.4 Å². The molecule has 0 amide bonds. The minimum atomic E-state index is 0. The Hall–Kier alpha value is -3.86. The van der Waals surface area contributed by atoms with E-state index in [2.05, 4.69) is 110 Å². The molecule has 15 heteroatoms. The SMILES string of the molecule is Cc1n[nH]c(C)c1C.Cc1n[nH]c(C)c1C.Cc1n[nH]c(C)c1C.Cc1n[nH]c(C)c1C.Cc1n[nH]c(C)c1C.[N-]=C=S.[N-]=C=S.[Ni+2]. The Labute approximate surface area is 300 Å². The van der Waals surface area contributed by atoms with E-state index < -0.39 is 0 Å². The number of H-pyrrole nitrogens is 5. The first-order valence-corrected chi connectivity index (χ1v) is 15.2. The van der Waals surface area contributed by atoms with Gasteiger partial charge in [0.1, 0.15) is 0 Å². The first-order chi connectivity index (χ1) is 21.4. The fourth-order valence-corrected chi connectivity index (χ4v) is 3.03. The molecule has 5 aromatic rings. The van der Waals surface area contributed by atoms with Crippen molar-refractivity contribution in [1.29, 1.82) is 0 Å². The predicted molar refractivity (Wildman–Crippen MR) is 196 cm³/mol. The smallest absolute Gasteiger partial charge is 0.753 e. The number of hydrogen-bond donors (Lipinski definition) is 5. The Morgan fingerprint density at radius 2 is 0.468 bits per heavy atom. The molecule has 0 aliphatic carbocycles. The third kappa shape index (κ3) is 18.2. The van der Waals surface area contributed by atoms with Gasteiger partial charge in [0.25, 0.3) is 0 Å². The van der Waals surface area contributed by atoms with Crippen LogP contribution in [0.1, 0.15) is 84.8 Å². The second kappa shape index (κ2) is 25.3. The molecule has 47 heavy (non-hydrogen) atoms. The zero-order valence-corrected chi connectivity index (χ0v) is 32.9. The number of nitrogens with one attached hydrogen (secondary N) is 5. The largest absolute Gasteiger partial charge is 2.00 e. The Bertz CT molecular complexity index is 1290. The van der Waals surface area contributed by atoms with Gasteiger partial charge in [0.15, 0.2) is 0 Å². The van der Waals surface area contributed by atoms with Crippen LogP contribution in [0, 0.1) is 104 Å². The van der Waals surface area contributed by atoms with Gasteiger partial charge < -0.3 is 10.8 Å². The molecule has 0 bridgehead atoms. The first-order valence-electron chi connectivity index (χ1n) is 14.3. The van der Waals surface area contributed by atoms with Gasteiger partial charge in [-0.2, -0.15) is 35.8 Å². The normalized spacial score (nSPS) is 8.74. The van der Waals surface area contributed by atoms with E-state index in [0.717, 1.165) is 28.5 Å². The quantitative estimate of drug-likeness (QED) is 0.0608. The average Bonchev–Trinajstić information content (AvgIpc) is 3.77. The van der Waals surface area contributed by atoms with E-state index in [4.69, 9.17) is 10.8 Å². The summed E-state index contributed by atoms with van der Waals surface area (Å²) in [5, 5.41) is 51.3. The molecular weight excluding hydrogens is 675 g/mol. The molecule has 0 saturated carbocycles. The van der Waals surface area contributed by atoms with Crippen molar-refractivity contribution in [1.82, 2.24) is 51.0 Å². The molecule has 0 atom stereocenters. The van der Waals surface area contributed by atoms with Gasteiger partial charge in [0.2, 0.25) is 0 Å². The number of nitrogens with zero attached hydrogens (tertiary/aromatic N) is 7. The van der Waals surface area contributed by atoms with E-state index in [0.29, 0.717) is 0 Å². The summed E-state index contributed by atoms with van der Waals surface area (Å²) in [6.07, 6.45) is 0. The topological polar surface area (TPSA) is 188 Å². The summed E-state index contributed by atoms with van der Waals surface area (Å²) in [5.74, 6) is 0. The fraction of sp³-hybridized carbons (Fsp3) is 0.469. The Morgan fingerprint density at radius 1 is 0.362 bits per heavy atom. The van der Waals surface area contributed by atoms with Gasteiger partial charge in [0, 0.05) is 28.5 Å². The van der Waals surface area contributed by atoms with Crippen LogP contribution in [0.25, 0.3) is 10.8 Å². The molecule has 0 fully saturated rings. The van der Waals surface area contributed by atoms with E-state index in [9.17, 15) is 0 Å². The first kappa shape index (κ1) is 47.5. The van der Waals surface area contributed by atoms with Gasteiger partial charge in [-0.25, -0.2) is 0 Å². The molecule has 5 rings (SSSR count). The maximum absolute atomic E-state index is 7.13. The third-order valence-corrected chi connectivity index (χ3v) is 7.48. The summed E-state index contributed by atoms with van der Waals surface area (Å²) in [7, 11) is 0. The molecule has 5 aromatic heterocycles. The van der Waals surface area contributed by atoms with E-state index >= 15 is 0 Å². The maximum atomic E-state index is 7.13. The van der Waals surface area contributed by atoms with Crippen molar-refractivity contribution < 1.29 is 16.5 Å². The number of aryl methyl sites for hydroxylation is 10. The van der Waals surface area contributed by atoms with E-state index in [1.165, 1.54) is 66.6 Å². The molecule has 0 saturated heterocycles. The van der Waals surface area contributed by atoms with Crippen LogP contribution in [0.3, 0.4) is 0 Å². The summed E-state index contributed by atoms with van der Waals surface area (Å²) in [5.41, 5.74) is 17.7. The van der Waals surface area contributed by atoms with Crippen LogP contribution in [0.4, 0.5) is 0 Å². The van der Waals surface area contributed by atoms with Crippen molar-refractivity contribution in [2.75, 3.05) is 0 Å². The van der Waals surface area contributed by atoms with Crippen molar-refractivity contribution >= 4 is 34.8 Å². The van der Waals surface area contributed by atoms with Crippen molar-refractivity contribution in [2.45, 2.75) is 104 Å². The molecule has 0 spiro atoms. The zero-order valence-electron chi connectivity index (χ0n) is 30.3. The zero-order chi connectivity index (χ0) is 36.1. The van der Waals surface area contributed by atoms with Crippen LogP contribution < -0.4 is 0 Å². The van der Waals surface area contributed by atoms with Crippen molar-refractivity contribution in [3.05, 3.63) is 95.6 Å². The summed E-state index contributed by atoms with van der Waals surface area (Å²) in [6.45, 7) is 30.4. The van der Waals surface area contributed by atoms with Gasteiger partial charge in [-0.15, -0.1) is 0 Å². The third-order valence-electron chi connectivity index (χ3n) is 7.48. The second-order valence-electron chi connectivity index (χ2n) is 10.5. The molecule has 0 aromatic carbocycles. The molecule has 0 aliphatic rings. The van der Waals surface area contributed by atoms with E-state index in [-0.39, 0.29) is 16.5 Å². The monoisotopic (exact) mass is 724 g/mol. The molecule has 0 aliphatic heterocycles. The fourth-order valence-electron chi connectivity index (χ4n) is 3.03. The molecule has 0 radical (unpaired) electrons. The van der Waals surface area contributed by atoms with Crippen LogP contribution in [0.5, 0.6) is 0 Å². The van der Waals surface area contributed by atoms with Crippen molar-refractivity contribution in [3.63, 3.8) is 0 Å². The summed E-state index contributed by atoms with van der Waals surface area (Å²) in [6, 6.07) is 0. The minimum Gasteiger partial charge on any atom is -0.753 e. The number of rotatable bonds is 0. The maximum Gasteiger partial charge on any atom is 2.00 e. The number of aromatic nitrogens is 10. The number of thiocarbonyl (C=S) groups is 2. The molecular formula is C32H50N12NiS2. The average molecular weight is 726 g/mol. The Kier molecular flexibility index (Phi) is 25.6. The number of hydrogen-bond acceptors (Lipinski definition) is 7. The van der Waals surface area contributed by atoms with Crippen molar-refractivity contribution in [2.24, 2.45) is 0 Å². The predicted octanol–water partition coefficient (Wildman–Crippen LogP) is 7.99. The Morgan fingerprint density at radius 3 is 0.489 bits per heavy atom. The Balaban J connectivity index is -0.000000491. The number of isothiocyanates is 2. The number of aromatic amines is 5. The van der Waals surface area contributed by atoms with Gasteiger partial charge >= 0.3 is 16.5 Å². The minimum absolute atomic E-state index is 0. The van der Waals surface area contributed by atoms with Crippen LogP contribution in [-0.4, -0.2) is 61.3 Å².